The quantitative estimate of drug-likeness (QED) is 0.621. The Morgan fingerprint density at radius 2 is 1.88 bits per heavy atom. The van der Waals surface area contributed by atoms with Crippen molar-refractivity contribution in [1.29, 1.82) is 0 Å². The first kappa shape index (κ1) is 14.1. The smallest absolute Gasteiger partial charge is 0.238 e. The van der Waals surface area contributed by atoms with Gasteiger partial charge in [0.05, 0.1) is 25.6 Å². The first-order valence-electron chi connectivity index (χ1n) is 4.55. The van der Waals surface area contributed by atoms with E-state index in [2.05, 4.69) is 21.2 Å². The number of carbonyl (C=O) groups excluding carboxylic acids is 1. The number of nitrogens with one attached hydrogen (secondary N) is 1. The fraction of sp³-hybridized carbons (Fsp3) is 0.300. The molecule has 0 aromatic heterocycles. The molecule has 0 aliphatic heterocycles. The molecule has 1 N–H and O–H groups in total. The van der Waals surface area contributed by atoms with Crippen LogP contribution < -0.4 is 5.32 Å². The van der Waals surface area contributed by atoms with Crippen molar-refractivity contribution in [3.05, 3.63) is 27.2 Å². The second-order valence-electron chi connectivity index (χ2n) is 3.11. The topological polar surface area (TPSA) is 29.1 Å². The maximum Gasteiger partial charge on any atom is 0.238 e. The van der Waals surface area contributed by atoms with Crippen LogP contribution >= 0.6 is 50.7 Å². The van der Waals surface area contributed by atoms with Crippen LogP contribution in [0.3, 0.4) is 0 Å². The molecule has 0 saturated carbocycles. The zero-order valence-electron chi connectivity index (χ0n) is 8.36. The van der Waals surface area contributed by atoms with Crippen molar-refractivity contribution in [2.24, 2.45) is 0 Å². The van der Waals surface area contributed by atoms with Gasteiger partial charge in [-0.1, -0.05) is 57.7 Å². The molecule has 0 spiro atoms. The first-order valence-corrected chi connectivity index (χ1v) is 6.60. The van der Waals surface area contributed by atoms with Crippen molar-refractivity contribution in [1.82, 2.24) is 0 Å². The van der Waals surface area contributed by atoms with E-state index >= 15 is 0 Å². The molecule has 1 aromatic carbocycles. The molecule has 0 aliphatic carbocycles. The Bertz CT molecular complexity index is 411. The Kier molecular flexibility index (Phi) is 5.38. The highest BCUT2D eigenvalue weighted by atomic mass is 79.9. The summed E-state index contributed by atoms with van der Waals surface area (Å²) >= 11 is 20.8. The van der Waals surface area contributed by atoms with Gasteiger partial charge < -0.3 is 5.32 Å². The molecule has 0 radical (unpaired) electrons. The van der Waals surface area contributed by atoms with Gasteiger partial charge in [0.25, 0.3) is 0 Å². The van der Waals surface area contributed by atoms with Crippen molar-refractivity contribution in [2.45, 2.75) is 18.2 Å². The van der Waals surface area contributed by atoms with Crippen LogP contribution in [0, 0.1) is 0 Å². The fourth-order valence-corrected chi connectivity index (χ4v) is 1.72. The summed E-state index contributed by atoms with van der Waals surface area (Å²) in [5, 5.41) is 3.74. The maximum absolute atomic E-state index is 11.6. The van der Waals surface area contributed by atoms with E-state index in [4.69, 9.17) is 34.8 Å². The largest absolute Gasteiger partial charge is 0.324 e. The molecule has 6 heteroatoms. The van der Waals surface area contributed by atoms with E-state index in [-0.39, 0.29) is 10.7 Å². The van der Waals surface area contributed by atoms with E-state index in [0.29, 0.717) is 27.2 Å². The van der Waals surface area contributed by atoms with Crippen LogP contribution in [0.15, 0.2) is 12.1 Å². The summed E-state index contributed by atoms with van der Waals surface area (Å²) in [6.45, 7) is 1.90. The normalized spacial score (nSPS) is 12.3. The van der Waals surface area contributed by atoms with E-state index in [1.165, 1.54) is 12.1 Å². The first-order chi connectivity index (χ1) is 7.45. The minimum Gasteiger partial charge on any atom is -0.324 e. The highest BCUT2D eigenvalue weighted by Crippen LogP contribution is 2.32. The summed E-state index contributed by atoms with van der Waals surface area (Å²) in [5.41, 5.74) is 0.457. The number of rotatable bonds is 3. The number of anilines is 1. The molecule has 1 atom stereocenters. The standard InChI is InChI=1S/C10H9BrCl3NO/c1-2-5(11)10(16)15-9-4-7(13)6(12)3-8(9)14/h3-5H,2H2,1H3,(H,15,16). The molecule has 1 amide bonds. The third kappa shape index (κ3) is 3.52. The van der Waals surface area contributed by atoms with Gasteiger partial charge in [0, 0.05) is 0 Å². The van der Waals surface area contributed by atoms with Crippen LogP contribution in [0.2, 0.25) is 15.1 Å². The number of hydrogen-bond acceptors (Lipinski definition) is 1. The number of amides is 1. The van der Waals surface area contributed by atoms with E-state index < -0.39 is 0 Å². The van der Waals surface area contributed by atoms with Crippen molar-refractivity contribution in [3.8, 4) is 0 Å². The highest BCUT2D eigenvalue weighted by Gasteiger charge is 2.14. The van der Waals surface area contributed by atoms with Crippen molar-refractivity contribution < 1.29 is 4.79 Å². The molecule has 1 aromatic rings. The fourth-order valence-electron chi connectivity index (χ4n) is 1.01. The summed E-state index contributed by atoms with van der Waals surface area (Å²) in [6.07, 6.45) is 0.685. The summed E-state index contributed by atoms with van der Waals surface area (Å²) in [7, 11) is 0. The van der Waals surface area contributed by atoms with Crippen LogP contribution in [0.4, 0.5) is 5.69 Å². The number of carbonyl (C=O) groups is 1. The zero-order chi connectivity index (χ0) is 12.3. The van der Waals surface area contributed by atoms with Crippen LogP contribution in [0.5, 0.6) is 0 Å². The number of benzene rings is 1. The summed E-state index contributed by atoms with van der Waals surface area (Å²) in [4.78, 5) is 11.3. The number of hydrogen-bond donors (Lipinski definition) is 1. The van der Waals surface area contributed by atoms with Crippen LogP contribution in [-0.4, -0.2) is 10.7 Å². The molecule has 0 heterocycles. The third-order valence-electron chi connectivity index (χ3n) is 1.91. The lowest BCUT2D eigenvalue weighted by atomic mass is 10.3. The van der Waals surface area contributed by atoms with Crippen LogP contribution in [-0.2, 0) is 4.79 Å². The summed E-state index contributed by atoms with van der Waals surface area (Å²) < 4.78 is 0. The maximum atomic E-state index is 11.6. The van der Waals surface area contributed by atoms with Crippen LogP contribution in [0.1, 0.15) is 13.3 Å². The Morgan fingerprint density at radius 3 is 2.44 bits per heavy atom. The minimum atomic E-state index is -0.252. The van der Waals surface area contributed by atoms with E-state index in [1.807, 2.05) is 6.92 Å². The molecule has 0 aliphatic rings. The van der Waals surface area contributed by atoms with Gasteiger partial charge in [-0.3, -0.25) is 4.79 Å². The predicted molar refractivity (Wildman–Crippen MR) is 73.1 cm³/mol. The predicted octanol–water partition coefficient (Wildman–Crippen LogP) is 4.76. The monoisotopic (exact) mass is 343 g/mol. The Balaban J connectivity index is 2.90. The Labute approximate surface area is 117 Å². The van der Waals surface area contributed by atoms with E-state index in [9.17, 15) is 4.79 Å². The molecule has 0 bridgehead atoms. The number of halogens is 4. The lowest BCUT2D eigenvalue weighted by molar-refractivity contribution is -0.115. The molecule has 88 valence electrons. The van der Waals surface area contributed by atoms with Gasteiger partial charge in [0.15, 0.2) is 0 Å². The molecule has 0 fully saturated rings. The van der Waals surface area contributed by atoms with E-state index in [1.54, 1.807) is 0 Å². The lowest BCUT2D eigenvalue weighted by Gasteiger charge is -2.11. The zero-order valence-corrected chi connectivity index (χ0v) is 12.2. The Hall–Kier alpha value is 0.0400. The molecular formula is C10H9BrCl3NO. The molecule has 16 heavy (non-hydrogen) atoms. The average Bonchev–Trinajstić information content (AvgIpc) is 2.24. The third-order valence-corrected chi connectivity index (χ3v) is 4.01. The second-order valence-corrected chi connectivity index (χ2v) is 5.44. The second kappa shape index (κ2) is 6.10. The number of alkyl halides is 1. The molecule has 1 rings (SSSR count). The molecular weight excluding hydrogens is 336 g/mol. The van der Waals surface area contributed by atoms with Crippen molar-refractivity contribution >= 4 is 62.3 Å². The highest BCUT2D eigenvalue weighted by molar-refractivity contribution is 9.10. The van der Waals surface area contributed by atoms with Gasteiger partial charge in [-0.25, -0.2) is 0 Å². The molecule has 0 saturated heterocycles. The molecule has 1 unspecified atom stereocenters. The van der Waals surface area contributed by atoms with Crippen molar-refractivity contribution in [2.75, 3.05) is 5.32 Å². The molecule has 2 nitrogen and oxygen atoms in total. The minimum absolute atomic E-state index is 0.164. The average molecular weight is 345 g/mol. The van der Waals surface area contributed by atoms with Crippen LogP contribution in [0.25, 0.3) is 0 Å². The summed E-state index contributed by atoms with van der Waals surface area (Å²) in [5.74, 6) is -0.164. The van der Waals surface area contributed by atoms with Gasteiger partial charge in [0.2, 0.25) is 5.91 Å². The van der Waals surface area contributed by atoms with Gasteiger partial charge in [-0.2, -0.15) is 0 Å². The SMILES string of the molecule is CCC(Br)C(=O)Nc1cc(Cl)c(Cl)cc1Cl. The van der Waals surface area contributed by atoms with Gasteiger partial charge in [0.1, 0.15) is 0 Å². The van der Waals surface area contributed by atoms with Gasteiger partial charge in [-0.05, 0) is 18.6 Å². The lowest BCUT2D eigenvalue weighted by Crippen LogP contribution is -2.22. The van der Waals surface area contributed by atoms with Gasteiger partial charge >= 0.3 is 0 Å². The van der Waals surface area contributed by atoms with Crippen molar-refractivity contribution in [3.63, 3.8) is 0 Å². The van der Waals surface area contributed by atoms with Gasteiger partial charge in [-0.15, -0.1) is 0 Å². The summed E-state index contributed by atoms with van der Waals surface area (Å²) in [6, 6.07) is 3.02. The Morgan fingerprint density at radius 1 is 1.31 bits per heavy atom. The van der Waals surface area contributed by atoms with E-state index in [0.717, 1.165) is 0 Å².